The maximum atomic E-state index is 13.2. The van der Waals surface area contributed by atoms with Crippen molar-refractivity contribution in [1.82, 2.24) is 15.3 Å². The number of aliphatic imine (C=N–C) groups is 1. The van der Waals surface area contributed by atoms with Gasteiger partial charge in [-0.15, -0.1) is 0 Å². The first-order valence-electron chi connectivity index (χ1n) is 9.80. The third-order valence-corrected chi connectivity index (χ3v) is 4.61. The number of anilines is 2. The van der Waals surface area contributed by atoms with Crippen molar-refractivity contribution in [2.45, 2.75) is 20.4 Å². The molecule has 0 aliphatic carbocycles. The Kier molecular flexibility index (Phi) is 6.41. The van der Waals surface area contributed by atoms with Crippen LogP contribution in [0.15, 0.2) is 53.5 Å². The van der Waals surface area contributed by atoms with E-state index in [1.807, 2.05) is 38.1 Å². The van der Waals surface area contributed by atoms with Crippen molar-refractivity contribution in [3.05, 3.63) is 71.3 Å². The Morgan fingerprint density at radius 1 is 1.00 bits per heavy atom. The van der Waals surface area contributed by atoms with E-state index in [4.69, 9.17) is 21.7 Å². The molecular formula is C22H21FN6O2S. The number of hydrogen-bond donors (Lipinski definition) is 3. The number of rotatable bonds is 4. The molecular weight excluding hydrogens is 431 g/mol. The van der Waals surface area contributed by atoms with Crippen LogP contribution in [0.2, 0.25) is 0 Å². The Balaban J connectivity index is 1.51. The fourth-order valence-electron chi connectivity index (χ4n) is 3.01. The summed E-state index contributed by atoms with van der Waals surface area (Å²) >= 11 is 5.39. The molecule has 32 heavy (non-hydrogen) atoms. The third-order valence-electron chi connectivity index (χ3n) is 4.40. The van der Waals surface area contributed by atoms with Gasteiger partial charge in [0.2, 0.25) is 18.7 Å². The van der Waals surface area contributed by atoms with Gasteiger partial charge in [0, 0.05) is 17.1 Å². The number of guanidine groups is 1. The number of ether oxygens (including phenoxy) is 2. The Hall–Kier alpha value is -3.79. The smallest absolute Gasteiger partial charge is 0.231 e. The maximum absolute atomic E-state index is 13.2. The molecule has 0 fully saturated rings. The standard InChI is InChI=1S/C22H21FN6O2S/c1-13-9-14(2)26-21(25-13)28-20(29-22(32)27-17-6-4-16(23)5-7-17)24-11-15-3-8-18-19(10-15)31-12-30-18/h3-10H,11-12H2,1-2H3,(H3,24,25,26,27,28,29,32). The fourth-order valence-corrected chi connectivity index (χ4v) is 3.23. The summed E-state index contributed by atoms with van der Waals surface area (Å²) in [7, 11) is 0. The van der Waals surface area contributed by atoms with Gasteiger partial charge in [-0.05, 0) is 74.1 Å². The molecule has 0 atom stereocenters. The van der Waals surface area contributed by atoms with Crippen LogP contribution < -0.4 is 25.4 Å². The molecule has 2 aromatic carbocycles. The van der Waals surface area contributed by atoms with E-state index in [2.05, 4.69) is 30.9 Å². The Bertz CT molecular complexity index is 1150. The quantitative estimate of drug-likeness (QED) is 0.312. The topological polar surface area (TPSA) is 92.7 Å². The minimum absolute atomic E-state index is 0.212. The van der Waals surface area contributed by atoms with E-state index in [0.717, 1.165) is 17.0 Å². The number of halogens is 1. The minimum Gasteiger partial charge on any atom is -0.454 e. The summed E-state index contributed by atoms with van der Waals surface area (Å²) < 4.78 is 23.9. The highest BCUT2D eigenvalue weighted by atomic mass is 32.1. The summed E-state index contributed by atoms with van der Waals surface area (Å²) in [6, 6.07) is 13.4. The van der Waals surface area contributed by atoms with Gasteiger partial charge < -0.3 is 20.1 Å². The first-order chi connectivity index (χ1) is 15.4. The second kappa shape index (κ2) is 9.56. The van der Waals surface area contributed by atoms with E-state index in [0.29, 0.717) is 35.6 Å². The lowest BCUT2D eigenvalue weighted by molar-refractivity contribution is 0.174. The highest BCUT2D eigenvalue weighted by Gasteiger charge is 2.13. The van der Waals surface area contributed by atoms with Gasteiger partial charge in [-0.3, -0.25) is 5.32 Å². The zero-order valence-corrected chi connectivity index (χ0v) is 18.3. The summed E-state index contributed by atoms with van der Waals surface area (Å²) in [4.78, 5) is 13.4. The normalized spacial score (nSPS) is 12.4. The Morgan fingerprint density at radius 3 is 2.47 bits per heavy atom. The van der Waals surface area contributed by atoms with Crippen molar-refractivity contribution in [2.24, 2.45) is 4.99 Å². The van der Waals surface area contributed by atoms with E-state index in [1.54, 1.807) is 12.1 Å². The second-order valence-electron chi connectivity index (χ2n) is 7.04. The lowest BCUT2D eigenvalue weighted by Crippen LogP contribution is -2.39. The van der Waals surface area contributed by atoms with Crippen LogP contribution in [0.1, 0.15) is 17.0 Å². The molecule has 1 aliphatic rings. The Morgan fingerprint density at radius 2 is 1.72 bits per heavy atom. The van der Waals surface area contributed by atoms with Gasteiger partial charge in [0.15, 0.2) is 16.6 Å². The van der Waals surface area contributed by atoms with Gasteiger partial charge in [-0.1, -0.05) is 6.07 Å². The monoisotopic (exact) mass is 452 g/mol. The number of fused-ring (bicyclic) bond motifs is 1. The summed E-state index contributed by atoms with van der Waals surface area (Å²) in [5, 5.41) is 9.37. The lowest BCUT2D eigenvalue weighted by Gasteiger charge is -2.14. The molecule has 8 nitrogen and oxygen atoms in total. The number of benzene rings is 2. The van der Waals surface area contributed by atoms with Crippen molar-refractivity contribution in [1.29, 1.82) is 0 Å². The molecule has 3 aromatic rings. The molecule has 4 rings (SSSR count). The SMILES string of the molecule is Cc1cc(C)nc(NC(=NCc2ccc3c(c2)OCO3)NC(=S)Nc2ccc(F)cc2)n1. The zero-order chi connectivity index (χ0) is 22.5. The van der Waals surface area contributed by atoms with Crippen LogP contribution in [0.25, 0.3) is 0 Å². The number of nitrogens with zero attached hydrogens (tertiary/aromatic N) is 3. The highest BCUT2D eigenvalue weighted by molar-refractivity contribution is 7.80. The number of hydrogen-bond acceptors (Lipinski definition) is 6. The van der Waals surface area contributed by atoms with Crippen molar-refractivity contribution in [3.8, 4) is 11.5 Å². The molecule has 3 N–H and O–H groups in total. The maximum Gasteiger partial charge on any atom is 0.231 e. The first-order valence-corrected chi connectivity index (χ1v) is 10.2. The molecule has 0 saturated heterocycles. The van der Waals surface area contributed by atoms with Gasteiger partial charge in [-0.2, -0.15) is 0 Å². The first kappa shape index (κ1) is 21.4. The van der Waals surface area contributed by atoms with Crippen LogP contribution in [0.4, 0.5) is 16.0 Å². The van der Waals surface area contributed by atoms with Crippen LogP contribution in [0.3, 0.4) is 0 Å². The van der Waals surface area contributed by atoms with Crippen molar-refractivity contribution in [2.75, 3.05) is 17.4 Å². The van der Waals surface area contributed by atoms with Crippen molar-refractivity contribution >= 4 is 34.9 Å². The van der Waals surface area contributed by atoms with Crippen LogP contribution in [-0.2, 0) is 6.54 Å². The lowest BCUT2D eigenvalue weighted by atomic mass is 10.2. The van der Waals surface area contributed by atoms with E-state index in [1.165, 1.54) is 12.1 Å². The molecule has 1 aliphatic heterocycles. The van der Waals surface area contributed by atoms with Gasteiger partial charge in [0.25, 0.3) is 0 Å². The van der Waals surface area contributed by atoms with E-state index >= 15 is 0 Å². The molecule has 1 aromatic heterocycles. The second-order valence-corrected chi connectivity index (χ2v) is 7.45. The van der Waals surface area contributed by atoms with E-state index in [-0.39, 0.29) is 17.7 Å². The average Bonchev–Trinajstić information content (AvgIpc) is 3.21. The summed E-state index contributed by atoms with van der Waals surface area (Å²) in [5.74, 6) is 1.82. The molecule has 164 valence electrons. The molecule has 0 bridgehead atoms. The van der Waals surface area contributed by atoms with E-state index < -0.39 is 0 Å². The molecule has 0 spiro atoms. The number of nitrogens with one attached hydrogen (secondary N) is 3. The van der Waals surface area contributed by atoms with Crippen LogP contribution in [0.5, 0.6) is 11.5 Å². The van der Waals surface area contributed by atoms with Gasteiger partial charge in [0.1, 0.15) is 5.82 Å². The molecule has 0 saturated carbocycles. The molecule has 10 heteroatoms. The molecule has 2 heterocycles. The van der Waals surface area contributed by atoms with Crippen LogP contribution >= 0.6 is 12.2 Å². The molecule has 0 radical (unpaired) electrons. The largest absolute Gasteiger partial charge is 0.454 e. The van der Waals surface area contributed by atoms with Gasteiger partial charge >= 0.3 is 0 Å². The van der Waals surface area contributed by atoms with E-state index in [9.17, 15) is 4.39 Å². The van der Waals surface area contributed by atoms with Crippen molar-refractivity contribution < 1.29 is 13.9 Å². The summed E-state index contributed by atoms with van der Waals surface area (Å²) in [6.07, 6.45) is 0. The molecule has 0 unspecified atom stereocenters. The fraction of sp³-hybridized carbons (Fsp3) is 0.182. The highest BCUT2D eigenvalue weighted by Crippen LogP contribution is 2.32. The predicted octanol–water partition coefficient (Wildman–Crippen LogP) is 3.92. The van der Waals surface area contributed by atoms with Gasteiger partial charge in [0.05, 0.1) is 6.54 Å². The van der Waals surface area contributed by atoms with Gasteiger partial charge in [-0.25, -0.2) is 19.4 Å². The number of aromatic nitrogens is 2. The number of thiocarbonyl (C=S) groups is 1. The molecule has 0 amide bonds. The van der Waals surface area contributed by atoms with Crippen LogP contribution in [-0.4, -0.2) is 27.8 Å². The van der Waals surface area contributed by atoms with Crippen molar-refractivity contribution in [3.63, 3.8) is 0 Å². The third kappa shape index (κ3) is 5.67. The Labute approximate surface area is 189 Å². The average molecular weight is 453 g/mol. The zero-order valence-electron chi connectivity index (χ0n) is 17.5. The van der Waals surface area contributed by atoms with Crippen LogP contribution in [0, 0.1) is 19.7 Å². The number of aryl methyl sites for hydroxylation is 2. The predicted molar refractivity (Wildman–Crippen MR) is 125 cm³/mol. The minimum atomic E-state index is -0.325. The summed E-state index contributed by atoms with van der Waals surface area (Å²) in [5.41, 5.74) is 3.21. The summed E-state index contributed by atoms with van der Waals surface area (Å²) in [6.45, 7) is 4.33.